The quantitative estimate of drug-likeness (QED) is 0.345. The lowest BCUT2D eigenvalue weighted by atomic mass is 10.2. The molecule has 0 saturated carbocycles. The molecule has 0 amide bonds. The molecule has 0 bridgehead atoms. The van der Waals surface area contributed by atoms with E-state index in [0.29, 0.717) is 6.42 Å². The Morgan fingerprint density at radius 1 is 1.47 bits per heavy atom. The fourth-order valence-electron chi connectivity index (χ4n) is 1.05. The molecule has 6 nitrogen and oxygen atoms in total. The van der Waals surface area contributed by atoms with Crippen molar-refractivity contribution in [3.63, 3.8) is 0 Å². The highest BCUT2D eigenvalue weighted by Gasteiger charge is 2.30. The van der Waals surface area contributed by atoms with Gasteiger partial charge in [0, 0.05) is 11.8 Å². The summed E-state index contributed by atoms with van der Waals surface area (Å²) in [6.45, 7) is 0. The number of carbonyl (C=O) groups excluding carboxylic acids is 1. The average Bonchev–Trinajstić information content (AvgIpc) is 2.59. The first kappa shape index (κ1) is 12.3. The number of aliphatic imine (C=N–C) groups is 1. The molecule has 84 valence electrons. The SMILES string of the molecule is NC1(OC(=O)CCCCCBr)N=CN=N1. The van der Waals surface area contributed by atoms with Crippen molar-refractivity contribution in [2.75, 3.05) is 5.33 Å². The van der Waals surface area contributed by atoms with Crippen LogP contribution in [0.4, 0.5) is 0 Å². The normalized spacial score (nSPS) is 23.3. The topological polar surface area (TPSA) is 89.4 Å². The number of carbonyl (C=O) groups is 1. The van der Waals surface area contributed by atoms with Gasteiger partial charge < -0.3 is 4.74 Å². The van der Waals surface area contributed by atoms with Crippen molar-refractivity contribution >= 4 is 28.2 Å². The molecule has 0 aromatic heterocycles. The standard InChI is InChI=1S/C8H13BrN4O2/c9-5-3-1-2-4-7(14)15-8(10)11-6-12-13-8/h6H,1-5,10H2. The Morgan fingerprint density at radius 2 is 2.27 bits per heavy atom. The van der Waals surface area contributed by atoms with Crippen molar-refractivity contribution < 1.29 is 9.53 Å². The minimum absolute atomic E-state index is 0.330. The summed E-state index contributed by atoms with van der Waals surface area (Å²) in [6, 6.07) is 0. The largest absolute Gasteiger partial charge is 0.402 e. The van der Waals surface area contributed by atoms with Gasteiger partial charge in [-0.2, -0.15) is 4.99 Å². The highest BCUT2D eigenvalue weighted by atomic mass is 79.9. The number of azo groups is 1. The van der Waals surface area contributed by atoms with Gasteiger partial charge >= 0.3 is 11.9 Å². The monoisotopic (exact) mass is 276 g/mol. The van der Waals surface area contributed by atoms with E-state index >= 15 is 0 Å². The molecule has 0 fully saturated rings. The first-order valence-electron chi connectivity index (χ1n) is 4.69. The van der Waals surface area contributed by atoms with Crippen molar-refractivity contribution in [1.82, 2.24) is 0 Å². The smallest absolute Gasteiger partial charge is 0.383 e. The summed E-state index contributed by atoms with van der Waals surface area (Å²) in [4.78, 5) is 14.9. The molecule has 0 aromatic rings. The van der Waals surface area contributed by atoms with E-state index in [0.717, 1.165) is 30.9 Å². The number of halogens is 1. The number of ether oxygens (including phenoxy) is 1. The van der Waals surface area contributed by atoms with Gasteiger partial charge in [-0.3, -0.25) is 10.5 Å². The highest BCUT2D eigenvalue weighted by molar-refractivity contribution is 9.09. The molecule has 0 radical (unpaired) electrons. The Bertz CT molecular complexity index is 268. The molecule has 0 saturated heterocycles. The second kappa shape index (κ2) is 5.92. The molecule has 1 aliphatic rings. The summed E-state index contributed by atoms with van der Waals surface area (Å²) in [7, 11) is 0. The van der Waals surface area contributed by atoms with Crippen molar-refractivity contribution in [1.29, 1.82) is 0 Å². The van der Waals surface area contributed by atoms with E-state index in [1.165, 1.54) is 0 Å². The van der Waals surface area contributed by atoms with Crippen LogP contribution in [0, 0.1) is 0 Å². The number of nitrogens with two attached hydrogens (primary N) is 1. The Kier molecular flexibility index (Phi) is 4.83. The highest BCUT2D eigenvalue weighted by Crippen LogP contribution is 2.14. The molecule has 15 heavy (non-hydrogen) atoms. The van der Waals surface area contributed by atoms with Crippen LogP contribution in [0.15, 0.2) is 15.2 Å². The summed E-state index contributed by atoms with van der Waals surface area (Å²) in [5, 5.41) is 7.85. The zero-order valence-electron chi connectivity index (χ0n) is 8.23. The number of hydrogen-bond acceptors (Lipinski definition) is 6. The Hall–Kier alpha value is -0.820. The first-order valence-corrected chi connectivity index (χ1v) is 5.81. The van der Waals surface area contributed by atoms with Gasteiger partial charge in [0.15, 0.2) is 0 Å². The third-order valence-corrected chi connectivity index (χ3v) is 2.33. The number of rotatable bonds is 6. The maximum Gasteiger partial charge on any atom is 0.383 e. The van der Waals surface area contributed by atoms with Crippen LogP contribution in [0.3, 0.4) is 0 Å². The number of unbranched alkanes of at least 4 members (excludes halogenated alkanes) is 2. The van der Waals surface area contributed by atoms with Gasteiger partial charge in [0.1, 0.15) is 6.34 Å². The minimum atomic E-state index is -1.62. The van der Waals surface area contributed by atoms with E-state index in [1.807, 2.05) is 0 Å². The van der Waals surface area contributed by atoms with Crippen LogP contribution in [0.1, 0.15) is 25.7 Å². The third kappa shape index (κ3) is 4.48. The van der Waals surface area contributed by atoms with Crippen LogP contribution in [0.5, 0.6) is 0 Å². The molecule has 0 aliphatic carbocycles. The zero-order chi connectivity index (χ0) is 11.1. The molecule has 0 spiro atoms. The maximum atomic E-state index is 11.3. The molecule has 1 aliphatic heterocycles. The van der Waals surface area contributed by atoms with Gasteiger partial charge in [0.05, 0.1) is 0 Å². The molecule has 7 heteroatoms. The summed E-state index contributed by atoms with van der Waals surface area (Å²) in [5.74, 6) is -2.02. The maximum absolute atomic E-state index is 11.3. The molecule has 1 heterocycles. The van der Waals surface area contributed by atoms with Gasteiger partial charge in [-0.15, -0.1) is 5.11 Å². The Balaban J connectivity index is 2.18. The lowest BCUT2D eigenvalue weighted by molar-refractivity contribution is -0.157. The van der Waals surface area contributed by atoms with Crippen LogP contribution >= 0.6 is 15.9 Å². The van der Waals surface area contributed by atoms with E-state index in [1.54, 1.807) is 0 Å². The van der Waals surface area contributed by atoms with Crippen molar-refractivity contribution in [3.8, 4) is 0 Å². The molecule has 2 N–H and O–H groups in total. The fourth-order valence-corrected chi connectivity index (χ4v) is 1.45. The van der Waals surface area contributed by atoms with Crippen molar-refractivity contribution in [2.24, 2.45) is 21.0 Å². The summed E-state index contributed by atoms with van der Waals surface area (Å²) in [6.07, 6.45) is 4.29. The van der Waals surface area contributed by atoms with Crippen LogP contribution in [-0.4, -0.2) is 23.6 Å². The predicted molar refractivity (Wildman–Crippen MR) is 58.6 cm³/mol. The molecular weight excluding hydrogens is 264 g/mol. The molecular formula is C8H13BrN4O2. The molecule has 1 atom stereocenters. The van der Waals surface area contributed by atoms with E-state index in [4.69, 9.17) is 10.5 Å². The fraction of sp³-hybridized carbons (Fsp3) is 0.750. The lowest BCUT2D eigenvalue weighted by Gasteiger charge is -2.15. The lowest BCUT2D eigenvalue weighted by Crippen LogP contribution is -2.39. The van der Waals surface area contributed by atoms with Gasteiger partial charge in [-0.05, 0) is 12.8 Å². The number of esters is 1. The van der Waals surface area contributed by atoms with Crippen LogP contribution in [0.25, 0.3) is 0 Å². The van der Waals surface area contributed by atoms with Crippen LogP contribution in [0.2, 0.25) is 0 Å². The average molecular weight is 277 g/mol. The first-order chi connectivity index (χ1) is 7.16. The number of alkyl halides is 1. The Morgan fingerprint density at radius 3 is 2.87 bits per heavy atom. The van der Waals surface area contributed by atoms with E-state index in [9.17, 15) is 4.79 Å². The summed E-state index contributed by atoms with van der Waals surface area (Å²) in [5.41, 5.74) is 5.48. The Labute approximate surface area is 96.1 Å². The summed E-state index contributed by atoms with van der Waals surface area (Å²) >= 11 is 3.31. The van der Waals surface area contributed by atoms with E-state index < -0.39 is 11.9 Å². The van der Waals surface area contributed by atoms with Gasteiger partial charge in [-0.25, -0.2) is 0 Å². The van der Waals surface area contributed by atoms with Gasteiger partial charge in [-0.1, -0.05) is 27.5 Å². The molecule has 0 aromatic carbocycles. The number of hydrogen-bond donors (Lipinski definition) is 1. The van der Waals surface area contributed by atoms with Crippen molar-refractivity contribution in [2.45, 2.75) is 31.7 Å². The third-order valence-electron chi connectivity index (χ3n) is 1.77. The van der Waals surface area contributed by atoms with Gasteiger partial charge in [0.2, 0.25) is 0 Å². The van der Waals surface area contributed by atoms with E-state index in [2.05, 4.69) is 31.2 Å². The molecule has 1 rings (SSSR count). The van der Waals surface area contributed by atoms with Crippen molar-refractivity contribution in [3.05, 3.63) is 0 Å². The van der Waals surface area contributed by atoms with Crippen LogP contribution < -0.4 is 5.73 Å². The molecule has 1 unspecified atom stereocenters. The van der Waals surface area contributed by atoms with E-state index in [-0.39, 0.29) is 0 Å². The zero-order valence-corrected chi connectivity index (χ0v) is 9.81. The van der Waals surface area contributed by atoms with Gasteiger partial charge in [0.25, 0.3) is 0 Å². The predicted octanol–water partition coefficient (Wildman–Crippen LogP) is 1.55. The number of nitrogens with zero attached hydrogens (tertiary/aromatic N) is 3. The summed E-state index contributed by atoms with van der Waals surface area (Å²) < 4.78 is 4.85. The van der Waals surface area contributed by atoms with Crippen LogP contribution in [-0.2, 0) is 9.53 Å². The minimum Gasteiger partial charge on any atom is -0.402 e. The second-order valence-corrected chi connectivity index (χ2v) is 3.89. The second-order valence-electron chi connectivity index (χ2n) is 3.09.